The Morgan fingerprint density at radius 2 is 1.81 bits per heavy atom. The van der Waals surface area contributed by atoms with E-state index in [1.165, 1.54) is 0 Å². The van der Waals surface area contributed by atoms with Crippen molar-refractivity contribution in [3.8, 4) is 11.5 Å². The Labute approximate surface area is 191 Å². The van der Waals surface area contributed by atoms with E-state index in [2.05, 4.69) is 9.88 Å². The minimum absolute atomic E-state index is 0.195. The normalized spacial score (nSPS) is 10.8. The van der Waals surface area contributed by atoms with Crippen molar-refractivity contribution in [2.24, 2.45) is 0 Å². The summed E-state index contributed by atoms with van der Waals surface area (Å²) < 4.78 is 13.3. The van der Waals surface area contributed by atoms with Crippen LogP contribution < -0.4 is 14.8 Å². The Morgan fingerprint density at radius 1 is 1.03 bits per heavy atom. The number of rotatable bonds is 9. The van der Waals surface area contributed by atoms with Crippen LogP contribution in [0.5, 0.6) is 11.5 Å². The predicted molar refractivity (Wildman–Crippen MR) is 126 cm³/mol. The van der Waals surface area contributed by atoms with Gasteiger partial charge in [-0.1, -0.05) is 41.9 Å². The molecule has 32 heavy (non-hydrogen) atoms. The number of hydrogen-bond donors (Lipinski definition) is 1. The van der Waals surface area contributed by atoms with Crippen LogP contribution in [0.15, 0.2) is 72.8 Å². The lowest BCUT2D eigenvalue weighted by Gasteiger charge is -2.12. The van der Waals surface area contributed by atoms with Crippen molar-refractivity contribution in [1.29, 1.82) is 0 Å². The SMILES string of the molecule is COc1cccc(OCCn2c(CCNC(=O)c3ccccc3Cl)nc3ccccc32)c1. The van der Waals surface area contributed by atoms with Crippen LogP contribution >= 0.6 is 11.6 Å². The van der Waals surface area contributed by atoms with Gasteiger partial charge < -0.3 is 19.4 Å². The molecule has 1 aromatic heterocycles. The van der Waals surface area contributed by atoms with E-state index < -0.39 is 0 Å². The van der Waals surface area contributed by atoms with Crippen LogP contribution in [-0.4, -0.2) is 35.7 Å². The fourth-order valence-corrected chi connectivity index (χ4v) is 3.76. The van der Waals surface area contributed by atoms with Crippen LogP contribution in [0.4, 0.5) is 0 Å². The van der Waals surface area contributed by atoms with Gasteiger partial charge in [-0.15, -0.1) is 0 Å². The number of carbonyl (C=O) groups is 1. The van der Waals surface area contributed by atoms with Crippen LogP contribution in [0.1, 0.15) is 16.2 Å². The zero-order chi connectivity index (χ0) is 22.3. The molecule has 0 saturated carbocycles. The Balaban J connectivity index is 1.43. The molecule has 0 bridgehead atoms. The van der Waals surface area contributed by atoms with E-state index in [1.807, 2.05) is 48.5 Å². The molecule has 0 fully saturated rings. The third-order valence-corrected chi connectivity index (χ3v) is 5.44. The predicted octanol–water partition coefficient (Wildman–Crippen LogP) is 4.75. The molecular weight excluding hydrogens is 426 g/mol. The van der Waals surface area contributed by atoms with Gasteiger partial charge in [0, 0.05) is 19.0 Å². The van der Waals surface area contributed by atoms with E-state index in [-0.39, 0.29) is 5.91 Å². The van der Waals surface area contributed by atoms with E-state index >= 15 is 0 Å². The van der Waals surface area contributed by atoms with Crippen molar-refractivity contribution in [3.05, 3.63) is 89.2 Å². The number of ether oxygens (including phenoxy) is 2. The first kappa shape index (κ1) is 21.7. The number of halogens is 1. The number of para-hydroxylation sites is 2. The van der Waals surface area contributed by atoms with Gasteiger partial charge >= 0.3 is 0 Å². The molecule has 0 atom stereocenters. The number of benzene rings is 3. The maximum atomic E-state index is 12.4. The molecule has 6 nitrogen and oxygen atoms in total. The van der Waals surface area contributed by atoms with Crippen molar-refractivity contribution < 1.29 is 14.3 Å². The molecule has 0 aliphatic carbocycles. The van der Waals surface area contributed by atoms with Gasteiger partial charge in [0.2, 0.25) is 0 Å². The monoisotopic (exact) mass is 449 g/mol. The quantitative estimate of drug-likeness (QED) is 0.400. The van der Waals surface area contributed by atoms with E-state index in [0.29, 0.717) is 36.7 Å². The van der Waals surface area contributed by atoms with Gasteiger partial charge in [-0.3, -0.25) is 4.79 Å². The number of amides is 1. The maximum absolute atomic E-state index is 12.4. The Hall–Kier alpha value is -3.51. The first-order valence-electron chi connectivity index (χ1n) is 10.4. The molecule has 1 amide bonds. The second-order valence-corrected chi connectivity index (χ2v) is 7.59. The highest BCUT2D eigenvalue weighted by Crippen LogP contribution is 2.20. The second kappa shape index (κ2) is 10.2. The molecule has 0 radical (unpaired) electrons. The molecule has 0 spiro atoms. The van der Waals surface area contributed by atoms with Crippen molar-refractivity contribution in [2.45, 2.75) is 13.0 Å². The van der Waals surface area contributed by atoms with E-state index in [1.54, 1.807) is 31.4 Å². The number of methoxy groups -OCH3 is 1. The van der Waals surface area contributed by atoms with Crippen LogP contribution in [0.25, 0.3) is 11.0 Å². The van der Waals surface area contributed by atoms with Crippen molar-refractivity contribution in [1.82, 2.24) is 14.9 Å². The average Bonchev–Trinajstić information content (AvgIpc) is 3.17. The second-order valence-electron chi connectivity index (χ2n) is 7.18. The molecule has 0 saturated heterocycles. The van der Waals surface area contributed by atoms with E-state index in [9.17, 15) is 4.79 Å². The van der Waals surface area contributed by atoms with Crippen LogP contribution in [0.2, 0.25) is 5.02 Å². The van der Waals surface area contributed by atoms with Crippen molar-refractivity contribution in [2.75, 3.05) is 20.3 Å². The van der Waals surface area contributed by atoms with Gasteiger partial charge in [0.1, 0.15) is 23.9 Å². The Bertz CT molecular complexity index is 1220. The topological polar surface area (TPSA) is 65.4 Å². The summed E-state index contributed by atoms with van der Waals surface area (Å²) in [6, 6.07) is 22.5. The third-order valence-electron chi connectivity index (χ3n) is 5.11. The van der Waals surface area contributed by atoms with Gasteiger partial charge in [-0.2, -0.15) is 0 Å². The zero-order valence-corrected chi connectivity index (χ0v) is 18.5. The Kier molecular flexibility index (Phi) is 6.92. The fourth-order valence-electron chi connectivity index (χ4n) is 3.54. The molecule has 164 valence electrons. The number of carbonyl (C=O) groups excluding carboxylic acids is 1. The summed E-state index contributed by atoms with van der Waals surface area (Å²) in [7, 11) is 1.63. The lowest BCUT2D eigenvalue weighted by Crippen LogP contribution is -2.27. The number of hydrogen-bond acceptors (Lipinski definition) is 4. The lowest BCUT2D eigenvalue weighted by molar-refractivity contribution is 0.0954. The summed E-state index contributed by atoms with van der Waals surface area (Å²) in [5.41, 5.74) is 2.42. The number of imidazole rings is 1. The summed E-state index contributed by atoms with van der Waals surface area (Å²) in [5, 5.41) is 3.37. The zero-order valence-electron chi connectivity index (χ0n) is 17.8. The van der Waals surface area contributed by atoms with E-state index in [0.717, 1.165) is 28.4 Å². The average molecular weight is 450 g/mol. The fraction of sp³-hybridized carbons (Fsp3) is 0.200. The lowest BCUT2D eigenvalue weighted by atomic mass is 10.2. The molecule has 1 heterocycles. The van der Waals surface area contributed by atoms with Crippen LogP contribution in [0, 0.1) is 0 Å². The largest absolute Gasteiger partial charge is 0.497 e. The third kappa shape index (κ3) is 5.03. The summed E-state index contributed by atoms with van der Waals surface area (Å²) in [4.78, 5) is 17.2. The van der Waals surface area contributed by atoms with Crippen molar-refractivity contribution in [3.63, 3.8) is 0 Å². The first-order chi connectivity index (χ1) is 15.7. The summed E-state index contributed by atoms with van der Waals surface area (Å²) >= 11 is 6.12. The highest BCUT2D eigenvalue weighted by Gasteiger charge is 2.13. The smallest absolute Gasteiger partial charge is 0.252 e. The van der Waals surface area contributed by atoms with Crippen molar-refractivity contribution >= 4 is 28.5 Å². The molecule has 4 aromatic rings. The summed E-state index contributed by atoms with van der Waals surface area (Å²) in [5.74, 6) is 2.20. The van der Waals surface area contributed by atoms with Gasteiger partial charge in [0.05, 0.1) is 35.3 Å². The van der Waals surface area contributed by atoms with E-state index in [4.69, 9.17) is 26.1 Å². The van der Waals surface area contributed by atoms with Gasteiger partial charge in [-0.05, 0) is 36.4 Å². The van der Waals surface area contributed by atoms with Crippen LogP contribution in [-0.2, 0) is 13.0 Å². The minimum atomic E-state index is -0.195. The van der Waals surface area contributed by atoms with Gasteiger partial charge in [0.25, 0.3) is 5.91 Å². The highest BCUT2D eigenvalue weighted by molar-refractivity contribution is 6.33. The molecule has 0 unspecified atom stereocenters. The first-order valence-corrected chi connectivity index (χ1v) is 10.8. The number of nitrogens with zero attached hydrogens (tertiary/aromatic N) is 2. The maximum Gasteiger partial charge on any atom is 0.252 e. The number of fused-ring (bicyclic) bond motifs is 1. The van der Waals surface area contributed by atoms with Crippen LogP contribution in [0.3, 0.4) is 0 Å². The highest BCUT2D eigenvalue weighted by atomic mass is 35.5. The van der Waals surface area contributed by atoms with Gasteiger partial charge in [0.15, 0.2) is 0 Å². The number of aromatic nitrogens is 2. The Morgan fingerprint density at radius 3 is 2.66 bits per heavy atom. The standard InChI is InChI=1S/C25H24ClN3O3/c1-31-18-7-6-8-19(17-18)32-16-15-29-23-12-5-4-11-22(23)28-24(29)13-14-27-25(30)20-9-2-3-10-21(20)26/h2-12,17H,13-16H2,1H3,(H,27,30). The molecule has 7 heteroatoms. The molecular formula is C25H24ClN3O3. The number of nitrogens with one attached hydrogen (secondary N) is 1. The molecule has 0 aliphatic heterocycles. The molecule has 4 rings (SSSR count). The summed E-state index contributed by atoms with van der Waals surface area (Å²) in [6.07, 6.45) is 0.587. The van der Waals surface area contributed by atoms with Gasteiger partial charge in [-0.25, -0.2) is 4.98 Å². The molecule has 1 N–H and O–H groups in total. The molecule has 0 aliphatic rings. The summed E-state index contributed by atoms with van der Waals surface area (Å²) in [6.45, 7) is 1.56. The minimum Gasteiger partial charge on any atom is -0.497 e. The molecule has 3 aromatic carbocycles.